The second-order valence-electron chi connectivity index (χ2n) is 4.76. The molecule has 24 heavy (non-hydrogen) atoms. The van der Waals surface area contributed by atoms with Crippen molar-refractivity contribution in [2.24, 2.45) is 0 Å². The summed E-state index contributed by atoms with van der Waals surface area (Å²) < 4.78 is 24.7. The second-order valence-corrected chi connectivity index (χ2v) is 5.81. The van der Waals surface area contributed by atoms with E-state index in [4.69, 9.17) is 9.47 Å². The van der Waals surface area contributed by atoms with Crippen LogP contribution in [0.3, 0.4) is 0 Å². The molecule has 9 heteroatoms. The van der Waals surface area contributed by atoms with Crippen LogP contribution in [0.15, 0.2) is 35.1 Å². The summed E-state index contributed by atoms with van der Waals surface area (Å²) in [6.45, 7) is 0.0293. The third kappa shape index (κ3) is 3.31. The molecule has 2 aromatic heterocycles. The van der Waals surface area contributed by atoms with Gasteiger partial charge in [-0.05, 0) is 12.1 Å². The molecule has 0 aliphatic heterocycles. The van der Waals surface area contributed by atoms with Gasteiger partial charge in [-0.1, -0.05) is 23.5 Å². The van der Waals surface area contributed by atoms with Gasteiger partial charge in [-0.25, -0.2) is 14.2 Å². The van der Waals surface area contributed by atoms with Crippen LogP contribution in [0.25, 0.3) is 4.96 Å². The van der Waals surface area contributed by atoms with Crippen molar-refractivity contribution in [2.75, 3.05) is 7.11 Å². The Morgan fingerprint density at radius 2 is 2.12 bits per heavy atom. The van der Waals surface area contributed by atoms with E-state index in [2.05, 4.69) is 10.1 Å². The molecule has 0 atom stereocenters. The van der Waals surface area contributed by atoms with E-state index >= 15 is 0 Å². The molecule has 0 unspecified atom stereocenters. The first-order chi connectivity index (χ1) is 11.6. The maximum Gasteiger partial charge on any atom is 0.341 e. The van der Waals surface area contributed by atoms with E-state index in [-0.39, 0.29) is 24.5 Å². The van der Waals surface area contributed by atoms with E-state index in [1.54, 1.807) is 0 Å². The number of hydrogen-bond acceptors (Lipinski definition) is 7. The first kappa shape index (κ1) is 16.2. The van der Waals surface area contributed by atoms with Gasteiger partial charge in [-0.15, -0.1) is 0 Å². The molecule has 0 aliphatic carbocycles. The highest BCUT2D eigenvalue weighted by Crippen LogP contribution is 2.13. The fraction of sp³-hybridized carbons (Fsp3) is 0.200. The minimum Gasteiger partial charge on any atom is -0.455 e. The van der Waals surface area contributed by atoms with Crippen molar-refractivity contribution in [3.8, 4) is 0 Å². The lowest BCUT2D eigenvalue weighted by molar-refractivity contribution is 0.0462. The maximum atomic E-state index is 13.5. The van der Waals surface area contributed by atoms with Gasteiger partial charge in [0.1, 0.15) is 17.4 Å². The quantitative estimate of drug-likeness (QED) is 0.653. The van der Waals surface area contributed by atoms with Gasteiger partial charge >= 0.3 is 5.97 Å². The van der Waals surface area contributed by atoms with Crippen molar-refractivity contribution in [3.63, 3.8) is 0 Å². The lowest BCUT2D eigenvalue weighted by atomic mass is 10.2. The SMILES string of the molecule is COCc1nn2c(=O)cc(COC(=O)c3ccccc3F)nc2s1. The van der Waals surface area contributed by atoms with Crippen molar-refractivity contribution < 1.29 is 18.7 Å². The van der Waals surface area contributed by atoms with Gasteiger partial charge in [-0.3, -0.25) is 4.79 Å². The Bertz CT molecular complexity index is 953. The molecule has 0 saturated carbocycles. The molecular formula is C15H12FN3O4S. The summed E-state index contributed by atoms with van der Waals surface area (Å²) in [5.41, 5.74) is -0.302. The summed E-state index contributed by atoms with van der Waals surface area (Å²) in [5.74, 6) is -1.49. The molecule has 7 nitrogen and oxygen atoms in total. The lowest BCUT2D eigenvalue weighted by Gasteiger charge is -2.05. The molecule has 1 aromatic carbocycles. The van der Waals surface area contributed by atoms with Gasteiger partial charge in [0.05, 0.1) is 17.9 Å². The zero-order valence-electron chi connectivity index (χ0n) is 12.6. The number of hydrogen-bond donors (Lipinski definition) is 0. The number of fused-ring (bicyclic) bond motifs is 1. The van der Waals surface area contributed by atoms with Crippen LogP contribution in [-0.2, 0) is 22.7 Å². The van der Waals surface area contributed by atoms with Crippen molar-refractivity contribution in [1.29, 1.82) is 0 Å². The highest BCUT2D eigenvalue weighted by Gasteiger charge is 2.14. The fourth-order valence-electron chi connectivity index (χ4n) is 2.00. The van der Waals surface area contributed by atoms with Gasteiger partial charge in [-0.2, -0.15) is 9.61 Å². The van der Waals surface area contributed by atoms with Gasteiger partial charge in [0, 0.05) is 13.2 Å². The Kier molecular flexibility index (Phi) is 4.63. The summed E-state index contributed by atoms with van der Waals surface area (Å²) in [6.07, 6.45) is 0. The molecule has 2 heterocycles. The summed E-state index contributed by atoms with van der Waals surface area (Å²) in [5, 5.41) is 4.67. The molecule has 0 radical (unpaired) electrons. The monoisotopic (exact) mass is 349 g/mol. The van der Waals surface area contributed by atoms with Gasteiger partial charge in [0.15, 0.2) is 0 Å². The number of rotatable bonds is 5. The van der Waals surface area contributed by atoms with E-state index in [0.717, 1.165) is 4.52 Å². The van der Waals surface area contributed by atoms with Crippen LogP contribution in [0.4, 0.5) is 4.39 Å². The first-order valence-corrected chi connectivity index (χ1v) is 7.69. The minimum absolute atomic E-state index is 0.171. The number of esters is 1. The summed E-state index contributed by atoms with van der Waals surface area (Å²) >= 11 is 1.20. The Morgan fingerprint density at radius 1 is 1.33 bits per heavy atom. The number of benzene rings is 1. The van der Waals surface area contributed by atoms with Crippen LogP contribution in [0.5, 0.6) is 0 Å². The van der Waals surface area contributed by atoms with Gasteiger partial charge in [0.25, 0.3) is 5.56 Å². The largest absolute Gasteiger partial charge is 0.455 e. The number of ether oxygens (including phenoxy) is 2. The average Bonchev–Trinajstić information content (AvgIpc) is 2.96. The van der Waals surface area contributed by atoms with E-state index in [1.807, 2.05) is 0 Å². The zero-order chi connectivity index (χ0) is 17.1. The first-order valence-electron chi connectivity index (χ1n) is 6.88. The van der Waals surface area contributed by atoms with E-state index < -0.39 is 17.3 Å². The highest BCUT2D eigenvalue weighted by molar-refractivity contribution is 7.16. The molecule has 0 amide bonds. The molecule has 0 N–H and O–H groups in total. The normalized spacial score (nSPS) is 10.9. The molecule has 0 saturated heterocycles. The van der Waals surface area contributed by atoms with Crippen molar-refractivity contribution in [2.45, 2.75) is 13.2 Å². The summed E-state index contributed by atoms with van der Waals surface area (Å²) in [6, 6.07) is 6.72. The number of aromatic nitrogens is 3. The molecule has 0 aliphatic rings. The van der Waals surface area contributed by atoms with Crippen LogP contribution < -0.4 is 5.56 Å². The molecule has 0 bridgehead atoms. The predicted octanol–water partition coefficient (Wildman–Crippen LogP) is 1.79. The fourth-order valence-corrected chi connectivity index (χ4v) is 2.89. The van der Waals surface area contributed by atoms with Crippen LogP contribution in [0, 0.1) is 5.82 Å². The molecule has 3 rings (SSSR count). The molecular weight excluding hydrogens is 337 g/mol. The second kappa shape index (κ2) is 6.85. The number of carbonyl (C=O) groups is 1. The third-order valence-electron chi connectivity index (χ3n) is 3.05. The summed E-state index contributed by atoms with van der Waals surface area (Å²) in [7, 11) is 1.52. The van der Waals surface area contributed by atoms with Gasteiger partial charge < -0.3 is 9.47 Å². The number of halogens is 1. The van der Waals surface area contributed by atoms with E-state index in [0.29, 0.717) is 9.97 Å². The Labute approximate surface area is 139 Å². The maximum absolute atomic E-state index is 13.5. The Morgan fingerprint density at radius 3 is 2.88 bits per heavy atom. The minimum atomic E-state index is -0.820. The lowest BCUT2D eigenvalue weighted by Crippen LogP contribution is -2.17. The topological polar surface area (TPSA) is 82.8 Å². The zero-order valence-corrected chi connectivity index (χ0v) is 13.4. The third-order valence-corrected chi connectivity index (χ3v) is 3.93. The number of carbonyl (C=O) groups excluding carboxylic acids is 1. The predicted molar refractivity (Wildman–Crippen MR) is 83.4 cm³/mol. The van der Waals surface area contributed by atoms with Crippen LogP contribution >= 0.6 is 11.3 Å². The van der Waals surface area contributed by atoms with Gasteiger partial charge in [0.2, 0.25) is 4.96 Å². The van der Waals surface area contributed by atoms with Crippen molar-refractivity contribution in [3.05, 3.63) is 62.8 Å². The highest BCUT2D eigenvalue weighted by atomic mass is 32.1. The molecule has 124 valence electrons. The molecule has 3 aromatic rings. The standard InChI is InChI=1S/C15H12FN3O4S/c1-22-8-12-18-19-13(20)6-9(17-15(19)24-12)7-23-14(21)10-4-2-3-5-11(10)16/h2-6H,7-8H2,1H3. The van der Waals surface area contributed by atoms with Crippen LogP contribution in [-0.4, -0.2) is 27.7 Å². The van der Waals surface area contributed by atoms with Crippen LogP contribution in [0.2, 0.25) is 0 Å². The van der Waals surface area contributed by atoms with Crippen molar-refractivity contribution >= 4 is 22.3 Å². The Balaban J connectivity index is 1.79. The summed E-state index contributed by atoms with van der Waals surface area (Å²) in [4.78, 5) is 28.5. The number of nitrogens with zero attached hydrogens (tertiary/aromatic N) is 3. The Hall–Kier alpha value is -2.65. The smallest absolute Gasteiger partial charge is 0.341 e. The molecule has 0 fully saturated rings. The average molecular weight is 349 g/mol. The van der Waals surface area contributed by atoms with Crippen LogP contribution in [0.1, 0.15) is 21.1 Å². The van der Waals surface area contributed by atoms with E-state index in [9.17, 15) is 14.0 Å². The molecule has 0 spiro atoms. The number of methoxy groups -OCH3 is 1. The van der Waals surface area contributed by atoms with Crippen molar-refractivity contribution in [1.82, 2.24) is 14.6 Å². The van der Waals surface area contributed by atoms with E-state index in [1.165, 1.54) is 48.8 Å².